The van der Waals surface area contributed by atoms with Gasteiger partial charge in [-0.1, -0.05) is 0 Å². The molecule has 1 aliphatic rings. The second-order valence-electron chi connectivity index (χ2n) is 6.54. The maximum Gasteiger partial charge on any atom is 0.267 e. The lowest BCUT2D eigenvalue weighted by Gasteiger charge is -2.30. The van der Waals surface area contributed by atoms with Crippen molar-refractivity contribution in [3.63, 3.8) is 0 Å². The van der Waals surface area contributed by atoms with E-state index in [1.54, 1.807) is 6.07 Å². The predicted molar refractivity (Wildman–Crippen MR) is 96.3 cm³/mol. The van der Waals surface area contributed by atoms with Crippen LogP contribution in [-0.4, -0.2) is 56.6 Å². The summed E-state index contributed by atoms with van der Waals surface area (Å²) in [5.41, 5.74) is 0.493. The summed E-state index contributed by atoms with van der Waals surface area (Å²) in [6.45, 7) is 1.38. The van der Waals surface area contributed by atoms with Crippen LogP contribution in [0.4, 0.5) is 4.39 Å². The van der Waals surface area contributed by atoms with Crippen LogP contribution in [0.1, 0.15) is 23.3 Å². The quantitative estimate of drug-likeness (QED) is 0.822. The van der Waals surface area contributed by atoms with Gasteiger partial charge >= 0.3 is 0 Å². The van der Waals surface area contributed by atoms with Gasteiger partial charge in [-0.15, -0.1) is 0 Å². The number of H-pyrrole nitrogens is 1. The lowest BCUT2D eigenvalue weighted by atomic mass is 9.98. The van der Waals surface area contributed by atoms with E-state index in [0.717, 1.165) is 0 Å². The molecule has 1 aliphatic heterocycles. The van der Waals surface area contributed by atoms with Gasteiger partial charge in [-0.05, 0) is 37.0 Å². The van der Waals surface area contributed by atoms with E-state index in [9.17, 15) is 17.6 Å². The van der Waals surface area contributed by atoms with E-state index in [1.807, 2.05) is 0 Å². The predicted octanol–water partition coefficient (Wildman–Crippen LogP) is 1.72. The third-order valence-corrected chi connectivity index (χ3v) is 6.06. The average Bonchev–Trinajstić information content (AvgIpc) is 3.06. The molecule has 2 aromatic rings. The molecule has 1 saturated heterocycles. The number of hydrogen-bond donors (Lipinski definition) is 2. The number of rotatable bonds is 5. The SMILES string of the molecule is COc1ccc(F)c2[nH]c(C(=O)NCC3CCN(S(C)(=O)=O)CC3)cc12. The third-order valence-electron chi connectivity index (χ3n) is 4.76. The lowest BCUT2D eigenvalue weighted by Crippen LogP contribution is -2.41. The molecule has 7 nitrogen and oxygen atoms in total. The summed E-state index contributed by atoms with van der Waals surface area (Å²) >= 11 is 0. The molecule has 1 aromatic carbocycles. The van der Waals surface area contributed by atoms with Crippen molar-refractivity contribution >= 4 is 26.8 Å². The van der Waals surface area contributed by atoms with Crippen molar-refractivity contribution < 1.29 is 22.3 Å². The maximum atomic E-state index is 13.9. The van der Waals surface area contributed by atoms with Crippen LogP contribution in [0.25, 0.3) is 10.9 Å². The molecule has 0 saturated carbocycles. The van der Waals surface area contributed by atoms with E-state index in [2.05, 4.69) is 10.3 Å². The van der Waals surface area contributed by atoms with Crippen molar-refractivity contribution in [2.24, 2.45) is 5.92 Å². The normalized spacial score (nSPS) is 16.7. The minimum atomic E-state index is -3.16. The number of carbonyl (C=O) groups excluding carboxylic acids is 1. The van der Waals surface area contributed by atoms with E-state index in [1.165, 1.54) is 29.8 Å². The van der Waals surface area contributed by atoms with Gasteiger partial charge in [-0.3, -0.25) is 4.79 Å². The molecule has 0 radical (unpaired) electrons. The first-order valence-electron chi connectivity index (χ1n) is 8.38. The van der Waals surface area contributed by atoms with Crippen LogP contribution in [0.5, 0.6) is 5.75 Å². The Labute approximate surface area is 151 Å². The van der Waals surface area contributed by atoms with Crippen molar-refractivity contribution in [1.82, 2.24) is 14.6 Å². The molecule has 0 bridgehead atoms. The second-order valence-corrected chi connectivity index (χ2v) is 8.52. The van der Waals surface area contributed by atoms with Gasteiger partial charge in [0.05, 0.1) is 18.9 Å². The first-order chi connectivity index (χ1) is 12.3. The Kier molecular flexibility index (Phi) is 5.19. The molecule has 26 heavy (non-hydrogen) atoms. The molecule has 2 heterocycles. The lowest BCUT2D eigenvalue weighted by molar-refractivity contribution is 0.0937. The number of aromatic nitrogens is 1. The number of nitrogens with zero attached hydrogens (tertiary/aromatic N) is 1. The summed E-state index contributed by atoms with van der Waals surface area (Å²) in [5.74, 6) is -0.0707. The minimum absolute atomic E-state index is 0.215. The fraction of sp³-hybridized carbons (Fsp3) is 0.471. The zero-order chi connectivity index (χ0) is 18.9. The number of amides is 1. The molecule has 0 atom stereocenters. The Morgan fingerprint density at radius 3 is 2.69 bits per heavy atom. The van der Waals surface area contributed by atoms with Crippen LogP contribution in [0.2, 0.25) is 0 Å². The molecule has 0 unspecified atom stereocenters. The van der Waals surface area contributed by atoms with E-state index in [0.29, 0.717) is 43.6 Å². The number of piperidine rings is 1. The highest BCUT2D eigenvalue weighted by Crippen LogP contribution is 2.28. The van der Waals surface area contributed by atoms with Crippen molar-refractivity contribution in [2.75, 3.05) is 33.0 Å². The number of benzene rings is 1. The molecule has 0 spiro atoms. The number of ether oxygens (including phenoxy) is 1. The molecular formula is C17H22FN3O4S. The van der Waals surface area contributed by atoms with Crippen LogP contribution >= 0.6 is 0 Å². The Bertz CT molecular complexity index is 917. The van der Waals surface area contributed by atoms with Crippen LogP contribution < -0.4 is 10.1 Å². The molecule has 3 rings (SSSR count). The topological polar surface area (TPSA) is 91.5 Å². The van der Waals surface area contributed by atoms with Crippen LogP contribution in [-0.2, 0) is 10.0 Å². The molecule has 9 heteroatoms. The van der Waals surface area contributed by atoms with Crippen molar-refractivity contribution in [3.05, 3.63) is 29.7 Å². The molecular weight excluding hydrogens is 361 g/mol. The molecule has 2 N–H and O–H groups in total. The summed E-state index contributed by atoms with van der Waals surface area (Å²) in [6, 6.07) is 4.37. The van der Waals surface area contributed by atoms with Gasteiger partial charge in [0.2, 0.25) is 10.0 Å². The fourth-order valence-electron chi connectivity index (χ4n) is 3.24. The fourth-order valence-corrected chi connectivity index (χ4v) is 4.11. The first-order valence-corrected chi connectivity index (χ1v) is 10.2. The van der Waals surface area contributed by atoms with Gasteiger partial charge in [-0.2, -0.15) is 0 Å². The summed E-state index contributed by atoms with van der Waals surface area (Å²) in [4.78, 5) is 15.2. The highest BCUT2D eigenvalue weighted by atomic mass is 32.2. The van der Waals surface area contributed by atoms with Gasteiger partial charge in [0, 0.05) is 25.0 Å². The maximum absolute atomic E-state index is 13.9. The number of nitrogens with one attached hydrogen (secondary N) is 2. The van der Waals surface area contributed by atoms with Gasteiger partial charge in [0.25, 0.3) is 5.91 Å². The zero-order valence-corrected chi connectivity index (χ0v) is 15.5. The smallest absolute Gasteiger partial charge is 0.267 e. The Balaban J connectivity index is 1.63. The molecule has 1 amide bonds. The highest BCUT2D eigenvalue weighted by molar-refractivity contribution is 7.88. The summed E-state index contributed by atoms with van der Waals surface area (Å²) in [7, 11) is -1.67. The number of aromatic amines is 1. The van der Waals surface area contributed by atoms with Crippen molar-refractivity contribution in [3.8, 4) is 5.75 Å². The van der Waals surface area contributed by atoms with Crippen LogP contribution in [0.15, 0.2) is 18.2 Å². The first kappa shape index (κ1) is 18.7. The van der Waals surface area contributed by atoms with Gasteiger partial charge < -0.3 is 15.0 Å². The van der Waals surface area contributed by atoms with E-state index in [4.69, 9.17) is 4.74 Å². The Morgan fingerprint density at radius 1 is 1.38 bits per heavy atom. The number of carbonyl (C=O) groups is 1. The van der Waals surface area contributed by atoms with Gasteiger partial charge in [0.1, 0.15) is 17.3 Å². The van der Waals surface area contributed by atoms with Crippen LogP contribution in [0.3, 0.4) is 0 Å². The molecule has 1 aromatic heterocycles. The van der Waals surface area contributed by atoms with Crippen molar-refractivity contribution in [2.45, 2.75) is 12.8 Å². The van der Waals surface area contributed by atoms with E-state index >= 15 is 0 Å². The summed E-state index contributed by atoms with van der Waals surface area (Å²) in [5, 5.41) is 3.35. The minimum Gasteiger partial charge on any atom is -0.496 e. The van der Waals surface area contributed by atoms with Gasteiger partial charge in [0.15, 0.2) is 0 Å². The number of halogens is 1. The largest absolute Gasteiger partial charge is 0.496 e. The van der Waals surface area contributed by atoms with E-state index < -0.39 is 15.8 Å². The van der Waals surface area contributed by atoms with Gasteiger partial charge in [-0.25, -0.2) is 17.1 Å². The van der Waals surface area contributed by atoms with Crippen LogP contribution in [0, 0.1) is 11.7 Å². The molecule has 142 valence electrons. The number of hydrogen-bond acceptors (Lipinski definition) is 4. The number of methoxy groups -OCH3 is 1. The van der Waals surface area contributed by atoms with Crippen molar-refractivity contribution in [1.29, 1.82) is 0 Å². The zero-order valence-electron chi connectivity index (χ0n) is 14.7. The number of sulfonamides is 1. The summed E-state index contributed by atoms with van der Waals surface area (Å²) < 4.78 is 43.6. The summed E-state index contributed by atoms with van der Waals surface area (Å²) in [6.07, 6.45) is 2.60. The Hall–Kier alpha value is -2.13. The second kappa shape index (κ2) is 7.24. The third kappa shape index (κ3) is 3.83. The average molecular weight is 383 g/mol. The number of fused-ring (bicyclic) bond motifs is 1. The standard InChI is InChI=1S/C17H22FN3O4S/c1-25-15-4-3-13(18)16-12(15)9-14(20-16)17(22)19-10-11-5-7-21(8-6-11)26(2,23)24/h3-4,9,11,20H,5-8,10H2,1-2H3,(H,19,22). The molecule has 1 fully saturated rings. The van der Waals surface area contributed by atoms with E-state index in [-0.39, 0.29) is 23.0 Å². The monoisotopic (exact) mass is 383 g/mol. The highest BCUT2D eigenvalue weighted by Gasteiger charge is 2.25. The molecule has 0 aliphatic carbocycles. The Morgan fingerprint density at radius 2 is 2.08 bits per heavy atom.